The van der Waals surface area contributed by atoms with E-state index >= 15 is 0 Å². The third-order valence-corrected chi connectivity index (χ3v) is 7.15. The van der Waals surface area contributed by atoms with Crippen LogP contribution in [0, 0.1) is 0 Å². The summed E-state index contributed by atoms with van der Waals surface area (Å²) in [4.78, 5) is 32.5. The molecule has 0 unspecified atom stereocenters. The van der Waals surface area contributed by atoms with Crippen molar-refractivity contribution in [1.29, 1.82) is 0 Å². The maximum Gasteiger partial charge on any atom is 0.333 e. The Morgan fingerprint density at radius 3 is 1.52 bits per heavy atom. The minimum absolute atomic E-state index is 0.0256. The first-order valence-electron chi connectivity index (χ1n) is 14.7. The van der Waals surface area contributed by atoms with Gasteiger partial charge in [-0.25, -0.2) is 4.79 Å². The van der Waals surface area contributed by atoms with Crippen molar-refractivity contribution in [2.24, 2.45) is 0 Å². The van der Waals surface area contributed by atoms with Crippen molar-refractivity contribution >= 4 is 62.4 Å². The van der Waals surface area contributed by atoms with Gasteiger partial charge in [0, 0.05) is 29.6 Å². The van der Waals surface area contributed by atoms with Gasteiger partial charge >= 0.3 is 5.97 Å². The fraction of sp³-hybridized carbons (Fsp3) is 0.457. The van der Waals surface area contributed by atoms with Gasteiger partial charge in [-0.2, -0.15) is 0 Å². The molecule has 250 valence electrons. The zero-order valence-corrected chi connectivity index (χ0v) is 31.6. The summed E-state index contributed by atoms with van der Waals surface area (Å²) in [6.45, 7) is 17.8. The predicted molar refractivity (Wildman–Crippen MR) is 203 cm³/mol. The standard InChI is InChI=1S/C9H8O2.C8H14O2.C6H12O.C6H14S2.C6H6.H2S2/c1-7(10)9(11)8-5-3-2-4-6-8;1-5-7(4)8(9)10-6(2)3;1-3-5-7-6-4-2;1-3-5-7-8-6-4-2;1-2-4-6-5-3-1;1-2/h2-6H,1H3;5-6H,1-4H3;3,5H,4,6H2,1-2H3;3-6H2,1-2H3;1-6H;1-2H/b;7-5+;;;;. The quantitative estimate of drug-likeness (QED) is 0.0337. The molecule has 0 aromatic heterocycles. The van der Waals surface area contributed by atoms with Crippen LogP contribution in [-0.4, -0.2) is 41.8 Å². The Hall–Kier alpha value is -2.07. The second kappa shape index (κ2) is 40.9. The van der Waals surface area contributed by atoms with E-state index < -0.39 is 11.6 Å². The van der Waals surface area contributed by atoms with Crippen LogP contribution in [0.4, 0.5) is 0 Å². The number of carbonyl (C=O) groups is 3. The molecule has 5 nitrogen and oxygen atoms in total. The number of hydrogen-bond acceptors (Lipinski definition) is 9. The van der Waals surface area contributed by atoms with E-state index in [4.69, 9.17) is 9.47 Å². The van der Waals surface area contributed by atoms with Gasteiger partial charge < -0.3 is 9.47 Å². The van der Waals surface area contributed by atoms with Crippen LogP contribution in [0.1, 0.15) is 91.9 Å². The number of hydrogen-bond donors (Lipinski definition) is 2. The first-order valence-corrected chi connectivity index (χ1v) is 18.8. The molecule has 0 aliphatic rings. The molecule has 0 radical (unpaired) electrons. The number of esters is 1. The molecule has 0 spiro atoms. The maximum atomic E-state index is 11.0. The predicted octanol–water partition coefficient (Wildman–Crippen LogP) is 10.9. The SMILES string of the molecule is C/C=C(\C)C(=O)OC(C)C.CC(=O)C(=O)c1ccccc1.CC=COCCC.CCCSSCCC.SS.c1ccccc1. The number of benzene rings is 2. The molecule has 0 saturated carbocycles. The summed E-state index contributed by atoms with van der Waals surface area (Å²) in [6, 6.07) is 20.5. The lowest BCUT2D eigenvalue weighted by Crippen LogP contribution is -2.11. The second-order valence-electron chi connectivity index (χ2n) is 8.82. The number of ether oxygens (including phenoxy) is 2. The minimum atomic E-state index is -0.425. The molecule has 0 amide bonds. The van der Waals surface area contributed by atoms with Gasteiger partial charge in [0.15, 0.2) is 5.78 Å². The third-order valence-electron chi connectivity index (χ3n) is 4.33. The molecular formula is C35H56O5S4. The molecule has 2 aromatic rings. The number of allylic oxidation sites excluding steroid dienone is 2. The lowest BCUT2D eigenvalue weighted by Gasteiger charge is -2.06. The van der Waals surface area contributed by atoms with Gasteiger partial charge in [0.25, 0.3) is 0 Å². The summed E-state index contributed by atoms with van der Waals surface area (Å²) in [6.07, 6.45) is 9.01. The lowest BCUT2D eigenvalue weighted by atomic mass is 10.1. The zero-order chi connectivity index (χ0) is 34.4. The average Bonchev–Trinajstić information content (AvgIpc) is 3.05. The van der Waals surface area contributed by atoms with Crippen molar-refractivity contribution in [3.63, 3.8) is 0 Å². The fourth-order valence-corrected chi connectivity index (χ4v) is 4.45. The highest BCUT2D eigenvalue weighted by molar-refractivity contribution is 8.76. The van der Waals surface area contributed by atoms with Crippen LogP contribution in [0.2, 0.25) is 0 Å². The first-order chi connectivity index (χ1) is 21.1. The van der Waals surface area contributed by atoms with E-state index in [0.717, 1.165) is 13.0 Å². The van der Waals surface area contributed by atoms with Crippen LogP contribution >= 0.6 is 44.9 Å². The van der Waals surface area contributed by atoms with E-state index in [0.29, 0.717) is 11.1 Å². The van der Waals surface area contributed by atoms with Crippen molar-refractivity contribution in [2.45, 2.75) is 87.7 Å². The van der Waals surface area contributed by atoms with Gasteiger partial charge in [-0.1, -0.05) is 121 Å². The van der Waals surface area contributed by atoms with Crippen LogP contribution < -0.4 is 0 Å². The van der Waals surface area contributed by atoms with Crippen molar-refractivity contribution in [2.75, 3.05) is 18.1 Å². The van der Waals surface area contributed by atoms with Crippen LogP contribution in [0.5, 0.6) is 0 Å². The van der Waals surface area contributed by atoms with Crippen LogP contribution in [0.3, 0.4) is 0 Å². The summed E-state index contributed by atoms with van der Waals surface area (Å²) < 4.78 is 9.85. The third kappa shape index (κ3) is 39.9. The molecule has 9 heteroatoms. The summed E-state index contributed by atoms with van der Waals surface area (Å²) in [7, 11) is 3.99. The number of thiol groups is 2. The molecule has 2 rings (SSSR count). The lowest BCUT2D eigenvalue weighted by molar-refractivity contribution is -0.142. The highest BCUT2D eigenvalue weighted by Gasteiger charge is 2.08. The van der Waals surface area contributed by atoms with E-state index in [9.17, 15) is 14.4 Å². The molecule has 0 saturated heterocycles. The van der Waals surface area contributed by atoms with E-state index in [2.05, 4.69) is 44.1 Å². The van der Waals surface area contributed by atoms with Crippen LogP contribution in [-0.2, 0) is 19.1 Å². The molecule has 0 atom stereocenters. The Balaban J connectivity index is -0.000000227. The Morgan fingerprint density at radius 1 is 0.773 bits per heavy atom. The average molecular weight is 685 g/mol. The van der Waals surface area contributed by atoms with Gasteiger partial charge in [-0.15, -0.1) is 23.3 Å². The number of Topliss-reactive ketones (excluding diaryl/α,β-unsaturated/α-hetero) is 2. The molecule has 0 heterocycles. The fourth-order valence-electron chi connectivity index (χ4n) is 2.17. The van der Waals surface area contributed by atoms with Gasteiger partial charge in [-0.3, -0.25) is 9.59 Å². The maximum absolute atomic E-state index is 11.0. The minimum Gasteiger partial charge on any atom is -0.502 e. The molecule has 2 aromatic carbocycles. The molecule has 0 bridgehead atoms. The van der Waals surface area contributed by atoms with Crippen molar-refractivity contribution < 1.29 is 23.9 Å². The van der Waals surface area contributed by atoms with Crippen LogP contribution in [0.15, 0.2) is 90.7 Å². The van der Waals surface area contributed by atoms with E-state index in [1.54, 1.807) is 49.6 Å². The monoisotopic (exact) mass is 684 g/mol. The first kappa shape index (κ1) is 48.8. The Kier molecular flexibility index (Phi) is 45.4. The molecule has 44 heavy (non-hydrogen) atoms. The van der Waals surface area contributed by atoms with E-state index in [1.807, 2.05) is 91.8 Å². The van der Waals surface area contributed by atoms with Crippen molar-refractivity contribution in [1.82, 2.24) is 0 Å². The second-order valence-corrected chi connectivity index (χ2v) is 11.5. The molecule has 0 fully saturated rings. The molecule has 0 aliphatic heterocycles. The molecule has 0 N–H and O–H groups in total. The van der Waals surface area contributed by atoms with Gasteiger partial charge in [-0.05, 0) is 53.9 Å². The molecule has 0 aliphatic carbocycles. The number of ketones is 2. The van der Waals surface area contributed by atoms with Crippen molar-refractivity contribution in [3.05, 3.63) is 96.3 Å². The number of rotatable bonds is 12. The largest absolute Gasteiger partial charge is 0.502 e. The normalized spacial score (nSPS) is 9.59. The van der Waals surface area contributed by atoms with Gasteiger partial charge in [0.1, 0.15) is 0 Å². The highest BCUT2D eigenvalue weighted by atomic mass is 33.1. The zero-order valence-electron chi connectivity index (χ0n) is 28.2. The topological polar surface area (TPSA) is 69.7 Å². The summed E-state index contributed by atoms with van der Waals surface area (Å²) in [5.41, 5.74) is 1.12. The van der Waals surface area contributed by atoms with Gasteiger partial charge in [0.2, 0.25) is 5.78 Å². The molecular weight excluding hydrogens is 629 g/mol. The van der Waals surface area contributed by atoms with Gasteiger partial charge in [0.05, 0.1) is 19.0 Å². The highest BCUT2D eigenvalue weighted by Crippen LogP contribution is 2.21. The Bertz CT molecular complexity index is 917. The van der Waals surface area contributed by atoms with Crippen LogP contribution in [0.25, 0.3) is 0 Å². The Morgan fingerprint density at radius 2 is 1.20 bits per heavy atom. The van der Waals surface area contributed by atoms with Crippen molar-refractivity contribution in [3.8, 4) is 0 Å². The smallest absolute Gasteiger partial charge is 0.333 e. The summed E-state index contributed by atoms with van der Waals surface area (Å²) in [5.74, 6) is 1.55. The van der Waals surface area contributed by atoms with E-state index in [-0.39, 0.29) is 12.1 Å². The number of carbonyl (C=O) groups excluding carboxylic acids is 3. The van der Waals surface area contributed by atoms with E-state index in [1.165, 1.54) is 31.3 Å². The summed E-state index contributed by atoms with van der Waals surface area (Å²) >= 11 is 6.44. The summed E-state index contributed by atoms with van der Waals surface area (Å²) in [5, 5.41) is 0. The Labute approximate surface area is 287 Å².